The van der Waals surface area contributed by atoms with Crippen molar-refractivity contribution in [1.29, 1.82) is 0 Å². The van der Waals surface area contributed by atoms with Gasteiger partial charge in [0.1, 0.15) is 11.3 Å². The van der Waals surface area contributed by atoms with Gasteiger partial charge in [0.2, 0.25) is 11.5 Å². The molecule has 1 aromatic heterocycles. The maximum absolute atomic E-state index is 10.5. The topological polar surface area (TPSA) is 72.1 Å². The average Bonchev–Trinajstić information content (AvgIpc) is 2.90. The van der Waals surface area contributed by atoms with Crippen molar-refractivity contribution in [2.24, 2.45) is 0 Å². The lowest BCUT2D eigenvalue weighted by atomic mass is 10.00. The number of allylic oxidation sites excluding steroid dienone is 2. The van der Waals surface area contributed by atoms with Gasteiger partial charge in [-0.15, -0.1) is 0 Å². The van der Waals surface area contributed by atoms with Crippen molar-refractivity contribution in [2.75, 3.05) is 14.2 Å². The van der Waals surface area contributed by atoms with E-state index < -0.39 is 0 Å². The van der Waals surface area contributed by atoms with Gasteiger partial charge in [-0.25, -0.2) is 0 Å². The summed E-state index contributed by atoms with van der Waals surface area (Å²) in [6, 6.07) is 4.89. The minimum atomic E-state index is -0.0899. The van der Waals surface area contributed by atoms with Crippen LogP contribution in [0.15, 0.2) is 34.3 Å². The molecule has 0 fully saturated rings. The molecular formula is C19H20O5. The first-order valence-electron chi connectivity index (χ1n) is 7.62. The minimum Gasteiger partial charge on any atom is -0.508 e. The Morgan fingerprint density at radius 2 is 1.83 bits per heavy atom. The fourth-order valence-electron chi connectivity index (χ4n) is 2.92. The molecule has 5 nitrogen and oxygen atoms in total. The van der Waals surface area contributed by atoms with Gasteiger partial charge < -0.3 is 24.1 Å². The Kier molecular flexibility index (Phi) is 4.01. The van der Waals surface area contributed by atoms with Crippen molar-refractivity contribution in [1.82, 2.24) is 0 Å². The van der Waals surface area contributed by atoms with E-state index in [0.717, 1.165) is 21.9 Å². The van der Waals surface area contributed by atoms with Crippen LogP contribution in [0.2, 0.25) is 0 Å². The van der Waals surface area contributed by atoms with Gasteiger partial charge in [-0.3, -0.25) is 0 Å². The van der Waals surface area contributed by atoms with Crippen LogP contribution in [0, 0.1) is 0 Å². The first-order valence-corrected chi connectivity index (χ1v) is 7.62. The number of methoxy groups -OCH3 is 2. The van der Waals surface area contributed by atoms with Gasteiger partial charge in [-0.05, 0) is 38.5 Å². The highest BCUT2D eigenvalue weighted by Crippen LogP contribution is 2.49. The van der Waals surface area contributed by atoms with Crippen LogP contribution in [0.4, 0.5) is 0 Å². The summed E-state index contributed by atoms with van der Waals surface area (Å²) in [5, 5.41) is 21.9. The van der Waals surface area contributed by atoms with Gasteiger partial charge in [0, 0.05) is 16.3 Å². The average molecular weight is 328 g/mol. The van der Waals surface area contributed by atoms with Crippen LogP contribution >= 0.6 is 0 Å². The van der Waals surface area contributed by atoms with Crippen molar-refractivity contribution in [3.05, 3.63) is 35.4 Å². The van der Waals surface area contributed by atoms with Gasteiger partial charge in [0.15, 0.2) is 11.3 Å². The number of hydrogen-bond acceptors (Lipinski definition) is 5. The lowest BCUT2D eigenvalue weighted by Crippen LogP contribution is -1.96. The van der Waals surface area contributed by atoms with Crippen LogP contribution in [-0.2, 0) is 6.42 Å². The first kappa shape index (κ1) is 16.1. The molecule has 0 atom stereocenters. The molecule has 0 saturated heterocycles. The lowest BCUT2D eigenvalue weighted by molar-refractivity contribution is 0.338. The summed E-state index contributed by atoms with van der Waals surface area (Å²) in [4.78, 5) is 0. The Hall–Kier alpha value is -2.82. The van der Waals surface area contributed by atoms with E-state index in [4.69, 9.17) is 13.9 Å². The Balaban J connectivity index is 2.50. The van der Waals surface area contributed by atoms with Crippen LogP contribution in [0.3, 0.4) is 0 Å². The second-order valence-electron chi connectivity index (χ2n) is 5.87. The number of phenolic OH excluding ortho intramolecular Hbond substituents is 2. The zero-order valence-corrected chi connectivity index (χ0v) is 14.1. The van der Waals surface area contributed by atoms with Gasteiger partial charge in [0.25, 0.3) is 0 Å². The summed E-state index contributed by atoms with van der Waals surface area (Å²) >= 11 is 0. The minimum absolute atomic E-state index is 0.0899. The van der Waals surface area contributed by atoms with Gasteiger partial charge >= 0.3 is 0 Å². The third kappa shape index (κ3) is 2.42. The smallest absolute Gasteiger partial charge is 0.208 e. The largest absolute Gasteiger partial charge is 0.508 e. The van der Waals surface area contributed by atoms with E-state index in [0.29, 0.717) is 23.3 Å². The van der Waals surface area contributed by atoms with Gasteiger partial charge in [-0.1, -0.05) is 11.6 Å². The molecule has 1 heterocycles. The maximum Gasteiger partial charge on any atom is 0.208 e. The van der Waals surface area contributed by atoms with E-state index in [1.165, 1.54) is 14.2 Å². The van der Waals surface area contributed by atoms with Crippen molar-refractivity contribution >= 4 is 21.9 Å². The van der Waals surface area contributed by atoms with Crippen LogP contribution in [0.25, 0.3) is 21.9 Å². The SMILES string of the molecule is COc1c(O)c(OC)c2oc3ccc(O)cc3c2c1CC=C(C)C. The third-order valence-electron chi connectivity index (χ3n) is 4.01. The Labute approximate surface area is 139 Å². The van der Waals surface area contributed by atoms with Crippen LogP contribution in [-0.4, -0.2) is 24.4 Å². The number of furan rings is 1. The maximum atomic E-state index is 10.5. The highest BCUT2D eigenvalue weighted by Gasteiger charge is 2.25. The van der Waals surface area contributed by atoms with Gasteiger partial charge in [0.05, 0.1) is 14.2 Å². The molecule has 2 N–H and O–H groups in total. The summed E-state index contributed by atoms with van der Waals surface area (Å²) in [5.41, 5.74) is 2.98. The molecule has 3 rings (SSSR count). The van der Waals surface area contributed by atoms with E-state index in [-0.39, 0.29) is 17.2 Å². The Bertz CT molecular complexity index is 946. The van der Waals surface area contributed by atoms with E-state index in [2.05, 4.69) is 0 Å². The summed E-state index contributed by atoms with van der Waals surface area (Å²) in [5.74, 6) is 0.624. The predicted molar refractivity (Wildman–Crippen MR) is 93.3 cm³/mol. The standard InChI is InChI=1S/C19H20O5/c1-10(2)5-7-12-15-13-9-11(20)6-8-14(13)24-18(15)19(23-4)16(21)17(12)22-3/h5-6,8-9,20-21H,7H2,1-4H3. The number of rotatable bonds is 4. The predicted octanol–water partition coefficient (Wildman–Crippen LogP) is 4.52. The second kappa shape index (κ2) is 6.00. The summed E-state index contributed by atoms with van der Waals surface area (Å²) in [6.07, 6.45) is 2.61. The van der Waals surface area contributed by atoms with Crippen molar-refractivity contribution < 1.29 is 24.1 Å². The molecule has 5 heteroatoms. The van der Waals surface area contributed by atoms with Gasteiger partial charge in [-0.2, -0.15) is 0 Å². The zero-order chi connectivity index (χ0) is 17.4. The zero-order valence-electron chi connectivity index (χ0n) is 14.1. The monoisotopic (exact) mass is 328 g/mol. The number of hydrogen-bond donors (Lipinski definition) is 2. The van der Waals surface area contributed by atoms with E-state index in [1.807, 2.05) is 19.9 Å². The first-order chi connectivity index (χ1) is 11.5. The molecule has 0 saturated carbocycles. The molecule has 0 aliphatic rings. The molecule has 0 aliphatic heterocycles. The Morgan fingerprint density at radius 1 is 1.12 bits per heavy atom. The van der Waals surface area contributed by atoms with Crippen LogP contribution in [0.1, 0.15) is 19.4 Å². The fraction of sp³-hybridized carbons (Fsp3) is 0.263. The molecule has 24 heavy (non-hydrogen) atoms. The number of phenols is 2. The molecule has 0 bridgehead atoms. The number of fused-ring (bicyclic) bond motifs is 3. The van der Waals surface area contributed by atoms with Crippen molar-refractivity contribution in [2.45, 2.75) is 20.3 Å². The summed E-state index contributed by atoms with van der Waals surface area (Å²) in [6.45, 7) is 4.01. The molecule has 2 aromatic carbocycles. The highest BCUT2D eigenvalue weighted by molar-refractivity contribution is 6.11. The van der Waals surface area contributed by atoms with E-state index >= 15 is 0 Å². The quantitative estimate of drug-likeness (QED) is 0.689. The van der Waals surface area contributed by atoms with E-state index in [9.17, 15) is 10.2 Å². The number of ether oxygens (including phenoxy) is 2. The number of benzene rings is 2. The molecule has 3 aromatic rings. The van der Waals surface area contributed by atoms with Crippen molar-refractivity contribution in [3.63, 3.8) is 0 Å². The Morgan fingerprint density at radius 3 is 2.46 bits per heavy atom. The molecule has 0 unspecified atom stereocenters. The fourth-order valence-corrected chi connectivity index (χ4v) is 2.92. The molecular weight excluding hydrogens is 308 g/mol. The molecule has 0 spiro atoms. The summed E-state index contributed by atoms with van der Waals surface area (Å²) in [7, 11) is 2.97. The molecule has 0 radical (unpaired) electrons. The van der Waals surface area contributed by atoms with Crippen LogP contribution < -0.4 is 9.47 Å². The number of aromatic hydroxyl groups is 2. The molecule has 0 aliphatic carbocycles. The third-order valence-corrected chi connectivity index (χ3v) is 4.01. The second-order valence-corrected chi connectivity index (χ2v) is 5.87. The molecule has 0 amide bonds. The highest BCUT2D eigenvalue weighted by atomic mass is 16.5. The van der Waals surface area contributed by atoms with E-state index in [1.54, 1.807) is 18.2 Å². The normalized spacial score (nSPS) is 11.0. The van der Waals surface area contributed by atoms with Crippen LogP contribution in [0.5, 0.6) is 23.0 Å². The lowest BCUT2D eigenvalue weighted by Gasteiger charge is -2.14. The van der Waals surface area contributed by atoms with Crippen molar-refractivity contribution in [3.8, 4) is 23.0 Å². The molecule has 126 valence electrons. The summed E-state index contributed by atoms with van der Waals surface area (Å²) < 4.78 is 16.7.